The van der Waals surface area contributed by atoms with Gasteiger partial charge in [0.2, 0.25) is 0 Å². The summed E-state index contributed by atoms with van der Waals surface area (Å²) < 4.78 is 0. The van der Waals surface area contributed by atoms with E-state index in [9.17, 15) is 4.79 Å². The monoisotopic (exact) mass is 301 g/mol. The van der Waals surface area contributed by atoms with Crippen LogP contribution in [-0.2, 0) is 12.8 Å². The van der Waals surface area contributed by atoms with E-state index in [-0.39, 0.29) is 5.91 Å². The number of fused-ring (bicyclic) bond motifs is 4. The number of benzene rings is 2. The molecular weight excluding hydrogens is 286 g/mol. The summed E-state index contributed by atoms with van der Waals surface area (Å²) >= 11 is 0. The Bertz CT molecular complexity index is 993. The SMILES string of the molecule is CN1Nc2c3c(nc4cccc(c24)C1=O)CCc1ccccc1-3. The molecule has 0 saturated heterocycles. The van der Waals surface area contributed by atoms with Crippen molar-refractivity contribution in [3.63, 3.8) is 0 Å². The van der Waals surface area contributed by atoms with E-state index in [0.29, 0.717) is 0 Å². The lowest BCUT2D eigenvalue weighted by Gasteiger charge is -2.31. The lowest BCUT2D eigenvalue weighted by Crippen LogP contribution is -2.36. The molecule has 1 aliphatic heterocycles. The van der Waals surface area contributed by atoms with Gasteiger partial charge < -0.3 is 0 Å². The minimum atomic E-state index is -0.0195. The summed E-state index contributed by atoms with van der Waals surface area (Å²) in [5.41, 5.74) is 10.7. The number of hydrogen-bond acceptors (Lipinski definition) is 3. The zero-order chi connectivity index (χ0) is 15.6. The first-order valence-corrected chi connectivity index (χ1v) is 7.82. The summed E-state index contributed by atoms with van der Waals surface area (Å²) in [6.45, 7) is 0. The Morgan fingerprint density at radius 2 is 1.87 bits per heavy atom. The molecule has 4 heteroatoms. The number of aromatic nitrogens is 1. The van der Waals surface area contributed by atoms with Gasteiger partial charge in [-0.25, -0.2) is 0 Å². The van der Waals surface area contributed by atoms with Gasteiger partial charge in [-0.3, -0.25) is 20.2 Å². The van der Waals surface area contributed by atoms with E-state index in [4.69, 9.17) is 4.98 Å². The number of nitrogens with one attached hydrogen (secondary N) is 1. The molecule has 0 radical (unpaired) electrons. The van der Waals surface area contributed by atoms with Crippen molar-refractivity contribution in [2.75, 3.05) is 12.5 Å². The van der Waals surface area contributed by atoms with Crippen LogP contribution < -0.4 is 5.43 Å². The number of rotatable bonds is 0. The second-order valence-corrected chi connectivity index (χ2v) is 6.14. The third kappa shape index (κ3) is 1.60. The van der Waals surface area contributed by atoms with Gasteiger partial charge >= 0.3 is 0 Å². The predicted octanol–water partition coefficient (Wildman–Crippen LogP) is 3.41. The molecule has 23 heavy (non-hydrogen) atoms. The number of carbonyl (C=O) groups excluding carboxylic acids is 1. The largest absolute Gasteiger partial charge is 0.295 e. The number of hydrogen-bond donors (Lipinski definition) is 1. The molecule has 3 aromatic rings. The molecule has 1 N–H and O–H groups in total. The van der Waals surface area contributed by atoms with Gasteiger partial charge in [-0.2, -0.15) is 0 Å². The first-order chi connectivity index (χ1) is 11.2. The van der Waals surface area contributed by atoms with E-state index in [1.54, 1.807) is 12.1 Å². The Hall–Kier alpha value is -2.88. The Kier molecular flexibility index (Phi) is 2.37. The van der Waals surface area contributed by atoms with Crippen molar-refractivity contribution >= 4 is 22.5 Å². The van der Waals surface area contributed by atoms with Crippen LogP contribution in [0, 0.1) is 0 Å². The fourth-order valence-corrected chi connectivity index (χ4v) is 3.76. The molecular formula is C19H15N3O. The highest BCUT2D eigenvalue weighted by Gasteiger charge is 2.29. The maximum Gasteiger partial charge on any atom is 0.272 e. The zero-order valence-electron chi connectivity index (χ0n) is 12.8. The summed E-state index contributed by atoms with van der Waals surface area (Å²) in [5, 5.41) is 2.50. The van der Waals surface area contributed by atoms with Crippen molar-refractivity contribution < 1.29 is 4.79 Å². The Balaban J connectivity index is 1.95. The molecule has 4 nitrogen and oxygen atoms in total. The maximum atomic E-state index is 12.5. The van der Waals surface area contributed by atoms with E-state index in [1.165, 1.54) is 11.1 Å². The van der Waals surface area contributed by atoms with E-state index in [2.05, 4.69) is 29.7 Å². The number of aryl methyl sites for hydroxylation is 2. The predicted molar refractivity (Wildman–Crippen MR) is 90.3 cm³/mol. The van der Waals surface area contributed by atoms with Gasteiger partial charge in [0.15, 0.2) is 0 Å². The third-order valence-electron chi connectivity index (χ3n) is 4.82. The number of pyridine rings is 1. The van der Waals surface area contributed by atoms with Crippen molar-refractivity contribution in [2.45, 2.75) is 12.8 Å². The van der Waals surface area contributed by atoms with E-state index in [0.717, 1.165) is 46.3 Å². The van der Waals surface area contributed by atoms with Gasteiger partial charge in [0.25, 0.3) is 5.91 Å². The smallest absolute Gasteiger partial charge is 0.272 e. The standard InChI is InChI=1S/C19H15N3O/c1-22-19(23)13-7-4-8-14-17(13)18(21-22)16-12-6-3-2-5-11(12)9-10-15(16)20-14/h2-8,21H,9-10H2,1H3. The van der Waals surface area contributed by atoms with Gasteiger partial charge in [0, 0.05) is 18.0 Å². The molecule has 1 aromatic heterocycles. The number of amides is 1. The normalized spacial score (nSPS) is 15.2. The van der Waals surface area contributed by atoms with E-state index >= 15 is 0 Å². The summed E-state index contributed by atoms with van der Waals surface area (Å²) in [6, 6.07) is 14.3. The highest BCUT2D eigenvalue weighted by molar-refractivity contribution is 6.16. The maximum absolute atomic E-state index is 12.5. The summed E-state index contributed by atoms with van der Waals surface area (Å²) in [7, 11) is 1.77. The van der Waals surface area contributed by atoms with Gasteiger partial charge in [0.1, 0.15) is 0 Å². The summed E-state index contributed by atoms with van der Waals surface area (Å²) in [4.78, 5) is 17.3. The zero-order valence-corrected chi connectivity index (χ0v) is 12.8. The molecule has 2 heterocycles. The molecule has 0 fully saturated rings. The lowest BCUT2D eigenvalue weighted by atomic mass is 9.85. The van der Waals surface area contributed by atoms with Gasteiger partial charge in [-0.05, 0) is 36.1 Å². The first-order valence-electron chi connectivity index (χ1n) is 7.82. The van der Waals surface area contributed by atoms with Crippen LogP contribution in [0.3, 0.4) is 0 Å². The minimum absolute atomic E-state index is 0.0195. The third-order valence-corrected chi connectivity index (χ3v) is 4.82. The average Bonchev–Trinajstić information content (AvgIpc) is 2.59. The molecule has 0 spiro atoms. The molecule has 5 rings (SSSR count). The van der Waals surface area contributed by atoms with Gasteiger partial charge in [0.05, 0.1) is 22.5 Å². The Morgan fingerprint density at radius 1 is 1.04 bits per heavy atom. The van der Waals surface area contributed by atoms with Crippen LogP contribution in [0.5, 0.6) is 0 Å². The van der Waals surface area contributed by atoms with Crippen LogP contribution in [0.1, 0.15) is 21.6 Å². The van der Waals surface area contributed by atoms with Crippen LogP contribution in [0.4, 0.5) is 5.69 Å². The summed E-state index contributed by atoms with van der Waals surface area (Å²) in [6.07, 6.45) is 1.94. The van der Waals surface area contributed by atoms with Crippen LogP contribution >= 0.6 is 0 Å². The second-order valence-electron chi connectivity index (χ2n) is 6.14. The number of nitrogens with zero attached hydrogens (tertiary/aromatic N) is 2. The Labute approximate surface area is 133 Å². The Morgan fingerprint density at radius 3 is 2.78 bits per heavy atom. The van der Waals surface area contributed by atoms with Gasteiger partial charge in [-0.1, -0.05) is 30.3 Å². The number of hydrazine groups is 1. The van der Waals surface area contributed by atoms with Crippen molar-refractivity contribution in [3.8, 4) is 11.1 Å². The lowest BCUT2D eigenvalue weighted by molar-refractivity contribution is 0.0824. The van der Waals surface area contributed by atoms with E-state index in [1.807, 2.05) is 18.2 Å². The minimum Gasteiger partial charge on any atom is -0.295 e. The molecule has 0 saturated carbocycles. The van der Waals surface area contributed by atoms with Crippen molar-refractivity contribution in [2.24, 2.45) is 0 Å². The van der Waals surface area contributed by atoms with Crippen molar-refractivity contribution in [1.29, 1.82) is 0 Å². The molecule has 2 aliphatic rings. The van der Waals surface area contributed by atoms with Crippen molar-refractivity contribution in [1.82, 2.24) is 9.99 Å². The first kappa shape index (κ1) is 12.6. The highest BCUT2D eigenvalue weighted by Crippen LogP contribution is 2.44. The number of carbonyl (C=O) groups is 1. The second kappa shape index (κ2) is 4.32. The van der Waals surface area contributed by atoms with E-state index < -0.39 is 0 Å². The van der Waals surface area contributed by atoms with Crippen LogP contribution in [-0.4, -0.2) is 22.9 Å². The van der Waals surface area contributed by atoms with Crippen LogP contribution in [0.25, 0.3) is 22.0 Å². The number of anilines is 1. The highest BCUT2D eigenvalue weighted by atomic mass is 16.2. The molecule has 2 aromatic carbocycles. The molecule has 112 valence electrons. The molecule has 0 atom stereocenters. The molecule has 0 bridgehead atoms. The van der Waals surface area contributed by atoms with Gasteiger partial charge in [-0.15, -0.1) is 0 Å². The molecule has 0 unspecified atom stereocenters. The quantitative estimate of drug-likeness (QED) is 0.692. The molecule has 1 amide bonds. The topological polar surface area (TPSA) is 45.2 Å². The fraction of sp³-hybridized carbons (Fsp3) is 0.158. The van der Waals surface area contributed by atoms with Crippen LogP contribution in [0.15, 0.2) is 42.5 Å². The van der Waals surface area contributed by atoms with Crippen molar-refractivity contribution in [3.05, 3.63) is 59.3 Å². The fourth-order valence-electron chi connectivity index (χ4n) is 3.76. The average molecular weight is 301 g/mol. The summed E-state index contributed by atoms with van der Waals surface area (Å²) in [5.74, 6) is -0.0195. The van der Waals surface area contributed by atoms with Crippen LogP contribution in [0.2, 0.25) is 0 Å². The molecule has 1 aliphatic carbocycles.